The number of para-hydroxylation sites is 2. The molecule has 0 unspecified atom stereocenters. The van der Waals surface area contributed by atoms with Crippen LogP contribution in [0.3, 0.4) is 0 Å². The van der Waals surface area contributed by atoms with Crippen LogP contribution < -0.4 is 16.4 Å². The summed E-state index contributed by atoms with van der Waals surface area (Å²) in [5, 5.41) is 15.4. The highest BCUT2D eigenvalue weighted by atomic mass is 16.7. The van der Waals surface area contributed by atoms with Gasteiger partial charge in [0.1, 0.15) is 0 Å². The lowest BCUT2D eigenvalue weighted by Gasteiger charge is -2.40. The van der Waals surface area contributed by atoms with Crippen molar-refractivity contribution in [2.24, 2.45) is 0 Å². The van der Waals surface area contributed by atoms with E-state index in [4.69, 9.17) is 15.2 Å². The smallest absolute Gasteiger partial charge is 0.224 e. The first-order chi connectivity index (χ1) is 27.9. The Bertz CT molecular complexity index is 2050. The number of carbonyl (C=O) groups excluding carboxylic acids is 2. The topological polar surface area (TPSA) is 129 Å². The second-order valence-electron chi connectivity index (χ2n) is 15.0. The van der Waals surface area contributed by atoms with Crippen molar-refractivity contribution in [1.29, 1.82) is 0 Å². The first-order valence-corrected chi connectivity index (χ1v) is 20.0. The van der Waals surface area contributed by atoms with Gasteiger partial charge in [-0.05, 0) is 58.0 Å². The number of piperazine rings is 1. The molecule has 2 fully saturated rings. The van der Waals surface area contributed by atoms with Crippen LogP contribution in [-0.2, 0) is 38.8 Å². The molecule has 2 aliphatic heterocycles. The van der Waals surface area contributed by atoms with Gasteiger partial charge in [-0.25, -0.2) is 0 Å². The normalized spacial score (nSPS) is 18.9. The van der Waals surface area contributed by atoms with Crippen molar-refractivity contribution in [2.75, 3.05) is 43.8 Å². The Morgan fingerprint density at radius 2 is 1.37 bits per heavy atom. The van der Waals surface area contributed by atoms with E-state index in [1.165, 1.54) is 5.56 Å². The average molecular weight is 768 g/mol. The van der Waals surface area contributed by atoms with Gasteiger partial charge >= 0.3 is 0 Å². The van der Waals surface area contributed by atoms with Crippen molar-refractivity contribution in [3.63, 3.8) is 0 Å². The first kappa shape index (κ1) is 39.9. The number of nitrogens with zero attached hydrogens (tertiary/aromatic N) is 2. The van der Waals surface area contributed by atoms with Crippen molar-refractivity contribution in [2.45, 2.75) is 63.9 Å². The maximum atomic E-state index is 12.6. The minimum absolute atomic E-state index is 0.00823. The molecule has 5 N–H and O–H groups in total. The van der Waals surface area contributed by atoms with Gasteiger partial charge in [-0.3, -0.25) is 19.4 Å². The number of ether oxygens (including phenoxy) is 2. The number of anilines is 2. The lowest BCUT2D eigenvalue weighted by Crippen LogP contribution is -2.49. The number of nitrogens with two attached hydrogens (primary N) is 1. The third kappa shape index (κ3) is 11.4. The summed E-state index contributed by atoms with van der Waals surface area (Å²) in [5.74, 6) is -0.270. The van der Waals surface area contributed by atoms with Crippen LogP contribution in [0.15, 0.2) is 127 Å². The number of amides is 2. The molecule has 296 valence electrons. The zero-order valence-corrected chi connectivity index (χ0v) is 32.4. The van der Waals surface area contributed by atoms with Gasteiger partial charge in [0, 0.05) is 70.6 Å². The van der Waals surface area contributed by atoms with Crippen LogP contribution in [0.1, 0.15) is 65.9 Å². The van der Waals surface area contributed by atoms with E-state index >= 15 is 0 Å². The monoisotopic (exact) mass is 767 g/mol. The zero-order valence-electron chi connectivity index (χ0n) is 32.4. The van der Waals surface area contributed by atoms with E-state index < -0.39 is 6.29 Å². The third-order valence-corrected chi connectivity index (χ3v) is 10.8. The number of nitrogen functional groups attached to an aromatic ring is 1. The molecule has 57 heavy (non-hydrogen) atoms. The highest BCUT2D eigenvalue weighted by molar-refractivity contribution is 5.94. The predicted octanol–water partition coefficient (Wildman–Crippen LogP) is 7.22. The fourth-order valence-corrected chi connectivity index (χ4v) is 7.51. The van der Waals surface area contributed by atoms with E-state index in [-0.39, 0.29) is 43.5 Å². The molecule has 0 bridgehead atoms. The summed E-state index contributed by atoms with van der Waals surface area (Å²) in [5.41, 5.74) is 14.3. The summed E-state index contributed by atoms with van der Waals surface area (Å²) in [4.78, 5) is 30.0. The minimum atomic E-state index is -0.524. The molecule has 3 atom stereocenters. The molecular formula is C47H53N5O5. The Hall–Kier alpha value is -5.36. The lowest BCUT2D eigenvalue weighted by atomic mass is 9.98. The summed E-state index contributed by atoms with van der Waals surface area (Å²) in [6.45, 7) is 6.25. The van der Waals surface area contributed by atoms with E-state index in [2.05, 4.69) is 99.3 Å². The van der Waals surface area contributed by atoms with Crippen molar-refractivity contribution in [3.05, 3.63) is 155 Å². The number of hydrogen-bond acceptors (Lipinski definition) is 8. The van der Waals surface area contributed by atoms with Gasteiger partial charge < -0.3 is 30.9 Å². The quantitative estimate of drug-likeness (QED) is 0.0823. The van der Waals surface area contributed by atoms with Gasteiger partial charge in [-0.15, -0.1) is 0 Å². The van der Waals surface area contributed by atoms with Gasteiger partial charge in [0.25, 0.3) is 0 Å². The van der Waals surface area contributed by atoms with Crippen LogP contribution in [0.25, 0.3) is 11.1 Å². The van der Waals surface area contributed by atoms with E-state index in [1.54, 1.807) is 12.1 Å². The zero-order chi connectivity index (χ0) is 39.4. The molecule has 0 spiro atoms. The molecule has 0 aliphatic carbocycles. The molecule has 10 heteroatoms. The Morgan fingerprint density at radius 3 is 2.12 bits per heavy atom. The van der Waals surface area contributed by atoms with Crippen LogP contribution in [0.5, 0.6) is 0 Å². The van der Waals surface area contributed by atoms with Crippen LogP contribution >= 0.6 is 0 Å². The number of rotatable bonds is 15. The highest BCUT2D eigenvalue weighted by Gasteiger charge is 2.34. The summed E-state index contributed by atoms with van der Waals surface area (Å²) in [7, 11) is 0. The molecule has 2 saturated heterocycles. The molecule has 2 aliphatic rings. The van der Waals surface area contributed by atoms with Crippen molar-refractivity contribution < 1.29 is 24.2 Å². The van der Waals surface area contributed by atoms with Crippen molar-refractivity contribution in [1.82, 2.24) is 15.1 Å². The maximum absolute atomic E-state index is 12.6. The van der Waals surface area contributed by atoms with Crippen molar-refractivity contribution >= 4 is 23.2 Å². The molecule has 10 nitrogen and oxygen atoms in total. The molecule has 0 aromatic heterocycles. The number of carbonyl (C=O) groups is 2. The fourth-order valence-electron chi connectivity index (χ4n) is 7.51. The number of benzene rings is 5. The van der Waals surface area contributed by atoms with Crippen molar-refractivity contribution in [3.8, 4) is 11.1 Å². The predicted molar refractivity (Wildman–Crippen MR) is 224 cm³/mol. The fraction of sp³-hybridized carbons (Fsp3) is 0.319. The van der Waals surface area contributed by atoms with Gasteiger partial charge in [0.15, 0.2) is 6.29 Å². The summed E-state index contributed by atoms with van der Waals surface area (Å²) in [6, 6.07) is 42.3. The van der Waals surface area contributed by atoms with E-state index in [0.29, 0.717) is 24.3 Å². The van der Waals surface area contributed by atoms with E-state index in [1.807, 2.05) is 36.4 Å². The Balaban J connectivity index is 0.934. The Labute approximate surface area is 335 Å². The average Bonchev–Trinajstić information content (AvgIpc) is 3.25. The third-order valence-electron chi connectivity index (χ3n) is 10.8. The minimum Gasteiger partial charge on any atom is -0.397 e. The molecule has 7 rings (SSSR count). The number of nitrogens with one attached hydrogen (secondary N) is 2. The molecule has 5 aromatic carbocycles. The second kappa shape index (κ2) is 19.7. The van der Waals surface area contributed by atoms with E-state index in [9.17, 15) is 14.7 Å². The van der Waals surface area contributed by atoms with Crippen LogP contribution in [0.2, 0.25) is 0 Å². The molecule has 0 saturated carbocycles. The number of hydrogen-bond donors (Lipinski definition) is 4. The van der Waals surface area contributed by atoms with Gasteiger partial charge in [-0.2, -0.15) is 0 Å². The summed E-state index contributed by atoms with van der Waals surface area (Å²) >= 11 is 0. The molecule has 5 aromatic rings. The van der Waals surface area contributed by atoms with E-state index in [0.717, 1.165) is 79.1 Å². The van der Waals surface area contributed by atoms with Crippen LogP contribution in [-0.4, -0.2) is 65.5 Å². The Morgan fingerprint density at radius 1 is 0.684 bits per heavy atom. The van der Waals surface area contributed by atoms with Gasteiger partial charge in [-0.1, -0.05) is 109 Å². The second-order valence-corrected chi connectivity index (χ2v) is 15.0. The summed E-state index contributed by atoms with van der Waals surface area (Å²) < 4.78 is 13.3. The van der Waals surface area contributed by atoms with Gasteiger partial charge in [0.05, 0.1) is 30.2 Å². The molecular weight excluding hydrogens is 715 g/mol. The largest absolute Gasteiger partial charge is 0.397 e. The van der Waals surface area contributed by atoms with Crippen LogP contribution in [0, 0.1) is 0 Å². The van der Waals surface area contributed by atoms with Gasteiger partial charge in [0.2, 0.25) is 11.8 Å². The Kier molecular flexibility index (Phi) is 13.8. The molecule has 2 amide bonds. The molecule has 2 heterocycles. The van der Waals surface area contributed by atoms with Crippen LogP contribution in [0.4, 0.5) is 11.4 Å². The number of aliphatic hydroxyl groups excluding tert-OH is 1. The first-order valence-electron chi connectivity index (χ1n) is 20.0. The highest BCUT2D eigenvalue weighted by Crippen LogP contribution is 2.39. The molecule has 0 radical (unpaired) electrons. The maximum Gasteiger partial charge on any atom is 0.224 e. The standard InChI is InChI=1S/C47H53N5O5/c48-42-12-4-5-13-43(42)50-46(55)15-7-14-45(54)49-30-36-10-6-11-40(28-36)37-20-22-39(23-21-37)47-56-41(29-44(57-47)38-18-16-35(33-53)17-19-38)32-52-26-24-51(25-27-52)31-34-8-2-1-3-9-34/h1-6,8-13,16-23,28,41,44,47,53H,7,14-15,24-27,29-33,48H2,(H,49,54)(H,50,55)/t41-,44+,47+/m1/s1. The lowest BCUT2D eigenvalue weighted by molar-refractivity contribution is -0.253. The number of aliphatic hydroxyl groups is 1. The summed E-state index contributed by atoms with van der Waals surface area (Å²) in [6.07, 6.45) is 1.00. The SMILES string of the molecule is Nc1ccccc1NC(=O)CCCC(=O)NCc1cccc(-c2ccc([C@H]3O[C@@H](CN4CCN(Cc5ccccc5)CC4)C[C@@H](c4ccc(CO)cc4)O3)cc2)c1.